The molecule has 1 saturated carbocycles. The van der Waals surface area contributed by atoms with E-state index in [0.29, 0.717) is 6.42 Å². The number of hydrogen-bond acceptors (Lipinski definition) is 2. The molecule has 120 valence electrons. The zero-order chi connectivity index (χ0) is 15.8. The first-order valence-electron chi connectivity index (χ1n) is 7.38. The van der Waals surface area contributed by atoms with Gasteiger partial charge in [0.15, 0.2) is 0 Å². The fraction of sp³-hybridized carbons (Fsp3) is 0.857. The lowest BCUT2D eigenvalue weighted by Crippen LogP contribution is -2.69. The lowest BCUT2D eigenvalue weighted by Gasteiger charge is -2.44. The van der Waals surface area contributed by atoms with E-state index in [1.165, 1.54) is 4.90 Å². The van der Waals surface area contributed by atoms with Crippen LogP contribution in [-0.4, -0.2) is 41.0 Å². The number of alkyl halides is 3. The minimum Gasteiger partial charge on any atom is -0.340 e. The first-order valence-corrected chi connectivity index (χ1v) is 7.38. The van der Waals surface area contributed by atoms with Crippen LogP contribution in [0.1, 0.15) is 46.0 Å². The number of piperazine rings is 1. The Balaban J connectivity index is 2.11. The van der Waals surface area contributed by atoms with Crippen molar-refractivity contribution in [1.29, 1.82) is 0 Å². The molecule has 1 N–H and O–H groups in total. The van der Waals surface area contributed by atoms with Crippen molar-refractivity contribution in [3.05, 3.63) is 0 Å². The van der Waals surface area contributed by atoms with E-state index in [2.05, 4.69) is 5.32 Å². The molecule has 2 atom stereocenters. The van der Waals surface area contributed by atoms with Crippen molar-refractivity contribution in [1.82, 2.24) is 10.2 Å². The Hall–Kier alpha value is -1.27. The van der Waals surface area contributed by atoms with E-state index in [1.807, 2.05) is 0 Å². The summed E-state index contributed by atoms with van der Waals surface area (Å²) in [6.07, 6.45) is -3.20. The van der Waals surface area contributed by atoms with E-state index in [9.17, 15) is 22.8 Å². The zero-order valence-electron chi connectivity index (χ0n) is 12.3. The van der Waals surface area contributed by atoms with Crippen LogP contribution in [0.15, 0.2) is 0 Å². The van der Waals surface area contributed by atoms with Crippen LogP contribution >= 0.6 is 0 Å². The highest BCUT2D eigenvalue weighted by Gasteiger charge is 2.51. The third-order valence-electron chi connectivity index (χ3n) is 4.37. The van der Waals surface area contributed by atoms with Gasteiger partial charge in [-0.15, -0.1) is 0 Å². The zero-order valence-corrected chi connectivity index (χ0v) is 12.3. The molecule has 2 unspecified atom stereocenters. The topological polar surface area (TPSA) is 49.4 Å². The van der Waals surface area contributed by atoms with Crippen molar-refractivity contribution >= 4 is 11.8 Å². The maximum atomic E-state index is 12.6. The number of rotatable bonds is 5. The van der Waals surface area contributed by atoms with Gasteiger partial charge in [-0.1, -0.05) is 6.92 Å². The number of halogens is 3. The quantitative estimate of drug-likeness (QED) is 0.847. The van der Waals surface area contributed by atoms with Gasteiger partial charge in [-0.05, 0) is 38.5 Å². The predicted molar refractivity (Wildman–Crippen MR) is 70.4 cm³/mol. The summed E-state index contributed by atoms with van der Waals surface area (Å²) in [7, 11) is 0. The smallest absolute Gasteiger partial charge is 0.340 e. The monoisotopic (exact) mass is 306 g/mol. The van der Waals surface area contributed by atoms with E-state index in [-0.39, 0.29) is 30.7 Å². The van der Waals surface area contributed by atoms with E-state index >= 15 is 0 Å². The first-order chi connectivity index (χ1) is 9.68. The van der Waals surface area contributed by atoms with Gasteiger partial charge >= 0.3 is 6.18 Å². The standard InChI is InChI=1S/C14H21F3N2O2/c1-3-13(2)12(21)19(8-4-7-14(15,16)17)10(9-5-6-9)11(20)18-13/h9-10H,3-8H2,1-2H3,(H,18,20). The van der Waals surface area contributed by atoms with Gasteiger partial charge in [0.25, 0.3) is 0 Å². The SMILES string of the molecule is CCC1(C)NC(=O)C(C2CC2)N(CCCC(F)(F)F)C1=O. The van der Waals surface area contributed by atoms with Crippen molar-refractivity contribution in [3.63, 3.8) is 0 Å². The number of carbonyl (C=O) groups is 2. The largest absolute Gasteiger partial charge is 0.389 e. The van der Waals surface area contributed by atoms with Crippen LogP contribution < -0.4 is 5.32 Å². The van der Waals surface area contributed by atoms with Crippen LogP contribution in [0.25, 0.3) is 0 Å². The molecule has 7 heteroatoms. The highest BCUT2D eigenvalue weighted by molar-refractivity contribution is 5.99. The van der Waals surface area contributed by atoms with Gasteiger partial charge < -0.3 is 10.2 Å². The molecule has 0 radical (unpaired) electrons. The minimum atomic E-state index is -4.23. The lowest BCUT2D eigenvalue weighted by molar-refractivity contribution is -0.157. The average Bonchev–Trinajstić information content (AvgIpc) is 3.18. The second kappa shape index (κ2) is 5.50. The summed E-state index contributed by atoms with van der Waals surface area (Å²) in [6, 6.07) is -0.592. The summed E-state index contributed by atoms with van der Waals surface area (Å²) in [5, 5.41) is 2.75. The molecule has 0 aromatic carbocycles. The molecular formula is C14H21F3N2O2. The highest BCUT2D eigenvalue weighted by atomic mass is 19.4. The molecule has 2 rings (SSSR count). The molecule has 0 spiro atoms. The fourth-order valence-corrected chi connectivity index (χ4v) is 2.79. The Labute approximate surface area is 122 Å². The molecule has 21 heavy (non-hydrogen) atoms. The van der Waals surface area contributed by atoms with Gasteiger partial charge in [0.05, 0.1) is 0 Å². The molecule has 4 nitrogen and oxygen atoms in total. The molecule has 0 bridgehead atoms. The van der Waals surface area contributed by atoms with E-state index in [0.717, 1.165) is 12.8 Å². The molecule has 2 fully saturated rings. The minimum absolute atomic E-state index is 0.0114. The molecule has 1 aliphatic heterocycles. The Bertz CT molecular complexity index is 434. The summed E-state index contributed by atoms with van der Waals surface area (Å²) in [6.45, 7) is 3.40. The summed E-state index contributed by atoms with van der Waals surface area (Å²) in [5.41, 5.74) is -0.999. The van der Waals surface area contributed by atoms with Gasteiger partial charge in [-0.25, -0.2) is 0 Å². The number of hydrogen-bond donors (Lipinski definition) is 1. The van der Waals surface area contributed by atoms with Crippen molar-refractivity contribution in [2.75, 3.05) is 6.54 Å². The van der Waals surface area contributed by atoms with Gasteiger partial charge in [-0.2, -0.15) is 13.2 Å². The summed E-state index contributed by atoms with van der Waals surface area (Å²) in [4.78, 5) is 26.2. The van der Waals surface area contributed by atoms with Crippen LogP contribution in [0, 0.1) is 5.92 Å². The van der Waals surface area contributed by atoms with Gasteiger partial charge in [0, 0.05) is 13.0 Å². The average molecular weight is 306 g/mol. The summed E-state index contributed by atoms with van der Waals surface area (Å²) < 4.78 is 36.9. The first kappa shape index (κ1) is 16.1. The maximum Gasteiger partial charge on any atom is 0.389 e. The van der Waals surface area contributed by atoms with Crippen molar-refractivity contribution in [3.8, 4) is 0 Å². The number of nitrogens with zero attached hydrogens (tertiary/aromatic N) is 1. The summed E-state index contributed by atoms with van der Waals surface area (Å²) >= 11 is 0. The van der Waals surface area contributed by atoms with Gasteiger partial charge in [0.2, 0.25) is 11.8 Å². The number of amides is 2. The van der Waals surface area contributed by atoms with E-state index < -0.39 is 24.2 Å². The molecule has 0 aromatic heterocycles. The van der Waals surface area contributed by atoms with Crippen LogP contribution in [0.5, 0.6) is 0 Å². The molecule has 1 aliphatic carbocycles. The highest BCUT2D eigenvalue weighted by Crippen LogP contribution is 2.38. The Morgan fingerprint density at radius 3 is 2.43 bits per heavy atom. The third-order valence-corrected chi connectivity index (χ3v) is 4.37. The Morgan fingerprint density at radius 2 is 1.95 bits per heavy atom. The van der Waals surface area contributed by atoms with Crippen LogP contribution in [0.4, 0.5) is 13.2 Å². The molecule has 2 aliphatic rings. The van der Waals surface area contributed by atoms with Crippen molar-refractivity contribution in [2.45, 2.75) is 63.7 Å². The Kier molecular flexibility index (Phi) is 4.22. The number of carbonyl (C=O) groups excluding carboxylic acids is 2. The lowest BCUT2D eigenvalue weighted by atomic mass is 9.90. The van der Waals surface area contributed by atoms with E-state index in [4.69, 9.17) is 0 Å². The van der Waals surface area contributed by atoms with Crippen molar-refractivity contribution in [2.24, 2.45) is 5.92 Å². The van der Waals surface area contributed by atoms with Crippen LogP contribution in [0.2, 0.25) is 0 Å². The summed E-state index contributed by atoms with van der Waals surface area (Å²) in [5.74, 6) is -0.390. The predicted octanol–water partition coefficient (Wildman–Crippen LogP) is 2.23. The van der Waals surface area contributed by atoms with Crippen LogP contribution in [-0.2, 0) is 9.59 Å². The molecular weight excluding hydrogens is 285 g/mol. The second-order valence-electron chi connectivity index (χ2n) is 6.17. The van der Waals surface area contributed by atoms with Gasteiger partial charge in [-0.3, -0.25) is 9.59 Å². The molecule has 0 aromatic rings. The molecule has 2 amide bonds. The maximum absolute atomic E-state index is 12.6. The van der Waals surface area contributed by atoms with Crippen molar-refractivity contribution < 1.29 is 22.8 Å². The van der Waals surface area contributed by atoms with Gasteiger partial charge in [0.1, 0.15) is 11.6 Å². The van der Waals surface area contributed by atoms with E-state index in [1.54, 1.807) is 13.8 Å². The number of nitrogens with one attached hydrogen (secondary N) is 1. The second-order valence-corrected chi connectivity index (χ2v) is 6.17. The third kappa shape index (κ3) is 3.49. The Morgan fingerprint density at radius 1 is 1.33 bits per heavy atom. The molecule has 1 saturated heterocycles. The van der Waals surface area contributed by atoms with Crippen LogP contribution in [0.3, 0.4) is 0 Å². The fourth-order valence-electron chi connectivity index (χ4n) is 2.79. The molecule has 1 heterocycles. The normalized spacial score (nSPS) is 30.5.